The van der Waals surface area contributed by atoms with Gasteiger partial charge in [0.15, 0.2) is 5.76 Å². The second-order valence-electron chi connectivity index (χ2n) is 7.00. The number of carbonyl (C=O) groups excluding carboxylic acids is 2. The van der Waals surface area contributed by atoms with Gasteiger partial charge in [-0.05, 0) is 62.1 Å². The summed E-state index contributed by atoms with van der Waals surface area (Å²) in [6, 6.07) is 5.95. The Kier molecular flexibility index (Phi) is 5.57. The second kappa shape index (κ2) is 7.76. The number of rotatable bonds is 4. The van der Waals surface area contributed by atoms with Crippen molar-refractivity contribution in [3.8, 4) is 0 Å². The molecule has 1 saturated heterocycles. The van der Waals surface area contributed by atoms with E-state index in [0.717, 1.165) is 12.8 Å². The Morgan fingerprint density at radius 2 is 2.04 bits per heavy atom. The summed E-state index contributed by atoms with van der Waals surface area (Å²) in [4.78, 5) is 26.7. The first-order valence-electron chi connectivity index (χ1n) is 8.94. The summed E-state index contributed by atoms with van der Waals surface area (Å²) in [5, 5.41) is 8.16. The quantitative estimate of drug-likeness (QED) is 0.799. The molecule has 1 aromatic heterocycles. The van der Waals surface area contributed by atoms with Crippen molar-refractivity contribution >= 4 is 21.8 Å². The number of hydrogen-bond acceptors (Lipinski definition) is 5. The van der Waals surface area contributed by atoms with Crippen molar-refractivity contribution in [2.24, 2.45) is 5.14 Å². The molecule has 1 aliphatic heterocycles. The summed E-state index contributed by atoms with van der Waals surface area (Å²) in [5.41, 5.74) is 1.41. The minimum atomic E-state index is -3.93. The van der Waals surface area contributed by atoms with E-state index in [0.29, 0.717) is 24.2 Å². The number of likely N-dealkylation sites (tertiary alicyclic amines) is 1. The van der Waals surface area contributed by atoms with Crippen molar-refractivity contribution in [2.75, 3.05) is 13.1 Å². The van der Waals surface area contributed by atoms with Crippen LogP contribution in [-0.2, 0) is 10.0 Å². The molecule has 9 heteroatoms. The zero-order chi connectivity index (χ0) is 20.5. The number of piperidine rings is 1. The van der Waals surface area contributed by atoms with Gasteiger partial charge in [0.1, 0.15) is 0 Å². The third kappa shape index (κ3) is 4.26. The van der Waals surface area contributed by atoms with E-state index in [1.165, 1.54) is 12.3 Å². The van der Waals surface area contributed by atoms with Crippen LogP contribution in [0.5, 0.6) is 0 Å². The molecule has 3 N–H and O–H groups in total. The molecule has 28 heavy (non-hydrogen) atoms. The van der Waals surface area contributed by atoms with Gasteiger partial charge in [-0.15, -0.1) is 0 Å². The molecule has 150 valence electrons. The van der Waals surface area contributed by atoms with Crippen LogP contribution in [0.4, 0.5) is 0 Å². The molecule has 3 rings (SSSR count). The van der Waals surface area contributed by atoms with Crippen LogP contribution in [0.1, 0.15) is 44.9 Å². The van der Waals surface area contributed by atoms with Gasteiger partial charge >= 0.3 is 0 Å². The Balaban J connectivity index is 1.74. The number of nitrogens with two attached hydrogens (primary N) is 1. The third-order valence-electron chi connectivity index (χ3n) is 4.96. The minimum Gasteiger partial charge on any atom is -0.459 e. The molecular weight excluding hydrogens is 382 g/mol. The Morgan fingerprint density at radius 3 is 2.68 bits per heavy atom. The molecule has 0 saturated carbocycles. The number of sulfonamides is 1. The third-order valence-corrected chi connectivity index (χ3v) is 6.00. The number of nitrogens with zero attached hydrogens (tertiary/aromatic N) is 1. The predicted octanol–water partition coefficient (Wildman–Crippen LogP) is 1.58. The van der Waals surface area contributed by atoms with E-state index in [-0.39, 0.29) is 28.2 Å². The van der Waals surface area contributed by atoms with Crippen LogP contribution in [0, 0.1) is 13.8 Å². The Bertz CT molecular complexity index is 999. The van der Waals surface area contributed by atoms with Crippen molar-refractivity contribution in [3.63, 3.8) is 0 Å². The first kappa shape index (κ1) is 20.1. The van der Waals surface area contributed by atoms with Gasteiger partial charge in [0.05, 0.1) is 11.2 Å². The SMILES string of the molecule is Cc1cc(C(=O)N[C@H]2CCCN(C(=O)c3ccco3)C2)cc(S(N)(=O)=O)c1C. The van der Waals surface area contributed by atoms with E-state index >= 15 is 0 Å². The Hall–Kier alpha value is -2.65. The van der Waals surface area contributed by atoms with Gasteiger partial charge in [0.25, 0.3) is 11.8 Å². The molecule has 0 bridgehead atoms. The van der Waals surface area contributed by atoms with Crippen LogP contribution in [-0.4, -0.2) is 44.3 Å². The van der Waals surface area contributed by atoms with Crippen molar-refractivity contribution < 1.29 is 22.4 Å². The van der Waals surface area contributed by atoms with Crippen LogP contribution in [0.3, 0.4) is 0 Å². The van der Waals surface area contributed by atoms with Crippen LogP contribution < -0.4 is 10.5 Å². The molecule has 1 fully saturated rings. The number of amides is 2. The highest BCUT2D eigenvalue weighted by Crippen LogP contribution is 2.21. The number of carbonyl (C=O) groups is 2. The van der Waals surface area contributed by atoms with E-state index in [1.54, 1.807) is 36.9 Å². The summed E-state index contributed by atoms with van der Waals surface area (Å²) in [5.74, 6) is -0.351. The van der Waals surface area contributed by atoms with Gasteiger partial charge in [-0.1, -0.05) is 0 Å². The largest absolute Gasteiger partial charge is 0.459 e. The van der Waals surface area contributed by atoms with Gasteiger partial charge in [0, 0.05) is 24.7 Å². The Morgan fingerprint density at radius 1 is 1.29 bits per heavy atom. The van der Waals surface area contributed by atoms with Crippen LogP contribution in [0.2, 0.25) is 0 Å². The van der Waals surface area contributed by atoms with Crippen LogP contribution in [0.15, 0.2) is 39.8 Å². The zero-order valence-electron chi connectivity index (χ0n) is 15.8. The molecule has 2 amide bonds. The van der Waals surface area contributed by atoms with Crippen LogP contribution >= 0.6 is 0 Å². The first-order chi connectivity index (χ1) is 13.2. The molecule has 0 aliphatic carbocycles. The maximum absolute atomic E-state index is 12.7. The van der Waals surface area contributed by atoms with E-state index in [2.05, 4.69) is 5.32 Å². The highest BCUT2D eigenvalue weighted by molar-refractivity contribution is 7.89. The summed E-state index contributed by atoms with van der Waals surface area (Å²) in [7, 11) is -3.93. The lowest BCUT2D eigenvalue weighted by Gasteiger charge is -2.32. The summed E-state index contributed by atoms with van der Waals surface area (Å²) in [6.07, 6.45) is 2.91. The van der Waals surface area contributed by atoms with Crippen molar-refractivity contribution in [1.82, 2.24) is 10.2 Å². The van der Waals surface area contributed by atoms with E-state index in [1.807, 2.05) is 0 Å². The highest BCUT2D eigenvalue weighted by atomic mass is 32.2. The number of aryl methyl sites for hydroxylation is 1. The van der Waals surface area contributed by atoms with Crippen LogP contribution in [0.25, 0.3) is 0 Å². The number of benzene rings is 1. The van der Waals surface area contributed by atoms with Gasteiger partial charge in [-0.2, -0.15) is 0 Å². The molecule has 1 aliphatic rings. The maximum atomic E-state index is 12.7. The second-order valence-corrected chi connectivity index (χ2v) is 8.53. The normalized spacial score (nSPS) is 17.4. The van der Waals surface area contributed by atoms with Gasteiger partial charge < -0.3 is 14.6 Å². The molecule has 0 spiro atoms. The molecule has 0 unspecified atom stereocenters. The zero-order valence-corrected chi connectivity index (χ0v) is 16.6. The maximum Gasteiger partial charge on any atom is 0.289 e. The fourth-order valence-corrected chi connectivity index (χ4v) is 4.24. The fourth-order valence-electron chi connectivity index (χ4n) is 3.36. The standard InChI is InChI=1S/C19H23N3O5S/c1-12-9-14(10-17(13(12)2)28(20,25)26)18(23)21-15-5-3-7-22(11-15)19(24)16-6-4-8-27-16/h4,6,8-10,15H,3,5,7,11H2,1-2H3,(H,21,23)(H2,20,25,26)/t15-/m0/s1. The average molecular weight is 405 g/mol. The number of hydrogen-bond donors (Lipinski definition) is 2. The summed E-state index contributed by atoms with van der Waals surface area (Å²) >= 11 is 0. The summed E-state index contributed by atoms with van der Waals surface area (Å²) < 4.78 is 28.7. The number of nitrogens with one attached hydrogen (secondary N) is 1. The van der Waals surface area contributed by atoms with E-state index < -0.39 is 15.9 Å². The fraction of sp³-hybridized carbons (Fsp3) is 0.368. The molecule has 2 aromatic rings. The molecule has 8 nitrogen and oxygen atoms in total. The molecule has 0 radical (unpaired) electrons. The van der Waals surface area contributed by atoms with Crippen molar-refractivity contribution in [1.29, 1.82) is 0 Å². The Labute approximate surface area is 163 Å². The average Bonchev–Trinajstić information content (AvgIpc) is 3.17. The van der Waals surface area contributed by atoms with E-state index in [9.17, 15) is 18.0 Å². The highest BCUT2D eigenvalue weighted by Gasteiger charge is 2.27. The van der Waals surface area contributed by atoms with E-state index in [4.69, 9.17) is 9.56 Å². The summed E-state index contributed by atoms with van der Waals surface area (Å²) in [6.45, 7) is 4.32. The monoisotopic (exact) mass is 405 g/mol. The lowest BCUT2D eigenvalue weighted by atomic mass is 10.0. The first-order valence-corrected chi connectivity index (χ1v) is 10.5. The molecule has 1 atom stereocenters. The van der Waals surface area contributed by atoms with Gasteiger partial charge in [-0.25, -0.2) is 13.6 Å². The molecular formula is C19H23N3O5S. The number of primary sulfonamides is 1. The van der Waals surface area contributed by atoms with Gasteiger partial charge in [-0.3, -0.25) is 9.59 Å². The molecule has 1 aromatic carbocycles. The smallest absolute Gasteiger partial charge is 0.289 e. The predicted molar refractivity (Wildman–Crippen MR) is 102 cm³/mol. The minimum absolute atomic E-state index is 0.0593. The molecule has 2 heterocycles. The van der Waals surface area contributed by atoms with Crippen molar-refractivity contribution in [3.05, 3.63) is 53.0 Å². The van der Waals surface area contributed by atoms with Crippen molar-refractivity contribution in [2.45, 2.75) is 37.6 Å². The lowest BCUT2D eigenvalue weighted by Crippen LogP contribution is -2.49. The topological polar surface area (TPSA) is 123 Å². The van der Waals surface area contributed by atoms with Gasteiger partial charge in [0.2, 0.25) is 10.0 Å². The number of furan rings is 1. The lowest BCUT2D eigenvalue weighted by molar-refractivity contribution is 0.0647.